The van der Waals surface area contributed by atoms with E-state index in [1.807, 2.05) is 0 Å². The van der Waals surface area contributed by atoms with Crippen LogP contribution in [0.25, 0.3) is 0 Å². The highest BCUT2D eigenvalue weighted by molar-refractivity contribution is 5.97. The first-order chi connectivity index (χ1) is 10.4. The van der Waals surface area contributed by atoms with Crippen molar-refractivity contribution in [3.05, 3.63) is 17.2 Å². The fraction of sp³-hybridized carbons (Fsp3) is 0.533. The number of aliphatic hydroxyl groups is 2. The summed E-state index contributed by atoms with van der Waals surface area (Å²) in [7, 11) is 2.71. The van der Waals surface area contributed by atoms with E-state index in [2.05, 4.69) is 0 Å². The molecule has 0 amide bonds. The number of cyclic esters (lactones) is 1. The summed E-state index contributed by atoms with van der Waals surface area (Å²) in [5, 5.41) is 30.3. The van der Waals surface area contributed by atoms with Crippen LogP contribution in [0.15, 0.2) is 6.07 Å². The van der Waals surface area contributed by atoms with E-state index >= 15 is 0 Å². The van der Waals surface area contributed by atoms with Crippen LogP contribution in [-0.4, -0.2) is 47.7 Å². The van der Waals surface area contributed by atoms with Gasteiger partial charge in [-0.1, -0.05) is 6.92 Å². The SMILES string of the molecule is CC[C@H](O)C[C@H]1OC(=O)c2c(cc(OC)c(OC)c2O)[C@H]1O. The van der Waals surface area contributed by atoms with Crippen molar-refractivity contribution in [3.63, 3.8) is 0 Å². The average Bonchev–Trinajstić information content (AvgIpc) is 2.50. The molecule has 1 aromatic rings. The maximum Gasteiger partial charge on any atom is 0.342 e. The van der Waals surface area contributed by atoms with Crippen molar-refractivity contribution >= 4 is 5.97 Å². The third-order valence-electron chi connectivity index (χ3n) is 3.78. The van der Waals surface area contributed by atoms with Gasteiger partial charge in [-0.05, 0) is 12.5 Å². The molecule has 1 aromatic carbocycles. The van der Waals surface area contributed by atoms with Crippen LogP contribution in [0.1, 0.15) is 41.8 Å². The number of benzene rings is 1. The number of methoxy groups -OCH3 is 2. The van der Waals surface area contributed by atoms with Crippen LogP contribution in [-0.2, 0) is 4.74 Å². The van der Waals surface area contributed by atoms with Crippen molar-refractivity contribution in [2.24, 2.45) is 0 Å². The van der Waals surface area contributed by atoms with E-state index in [0.29, 0.717) is 6.42 Å². The molecule has 3 atom stereocenters. The van der Waals surface area contributed by atoms with Gasteiger partial charge in [-0.2, -0.15) is 0 Å². The first-order valence-electron chi connectivity index (χ1n) is 6.99. The normalized spacial score (nSPS) is 21.8. The minimum absolute atomic E-state index is 0.00237. The highest BCUT2D eigenvalue weighted by Gasteiger charge is 2.39. The number of hydrogen-bond acceptors (Lipinski definition) is 7. The molecule has 0 unspecified atom stereocenters. The van der Waals surface area contributed by atoms with E-state index in [1.165, 1.54) is 20.3 Å². The van der Waals surface area contributed by atoms with Gasteiger partial charge in [-0.3, -0.25) is 0 Å². The Kier molecular flexibility index (Phi) is 4.77. The first-order valence-corrected chi connectivity index (χ1v) is 6.99. The van der Waals surface area contributed by atoms with Crippen molar-refractivity contribution in [2.45, 2.75) is 38.1 Å². The number of rotatable bonds is 5. The summed E-state index contributed by atoms with van der Waals surface area (Å²) in [5.41, 5.74) is 0.0482. The van der Waals surface area contributed by atoms with Crippen molar-refractivity contribution in [1.29, 1.82) is 0 Å². The highest BCUT2D eigenvalue weighted by Crippen LogP contribution is 2.46. The molecule has 0 saturated heterocycles. The maximum absolute atomic E-state index is 12.1. The van der Waals surface area contributed by atoms with E-state index in [-0.39, 0.29) is 29.0 Å². The average molecular weight is 312 g/mol. The number of ether oxygens (including phenoxy) is 3. The van der Waals surface area contributed by atoms with Crippen LogP contribution in [0.3, 0.4) is 0 Å². The summed E-state index contributed by atoms with van der Waals surface area (Å²) in [5.74, 6) is -1.01. The Morgan fingerprint density at radius 1 is 1.36 bits per heavy atom. The molecule has 0 radical (unpaired) electrons. The molecule has 7 heteroatoms. The smallest absolute Gasteiger partial charge is 0.342 e. The monoisotopic (exact) mass is 312 g/mol. The fourth-order valence-corrected chi connectivity index (χ4v) is 2.52. The zero-order chi connectivity index (χ0) is 16.4. The second-order valence-corrected chi connectivity index (χ2v) is 5.11. The molecule has 122 valence electrons. The maximum atomic E-state index is 12.1. The van der Waals surface area contributed by atoms with Crippen molar-refractivity contribution in [3.8, 4) is 17.2 Å². The molecule has 2 rings (SSSR count). The van der Waals surface area contributed by atoms with E-state index in [1.54, 1.807) is 6.92 Å². The minimum Gasteiger partial charge on any atom is -0.504 e. The molecule has 1 aliphatic rings. The van der Waals surface area contributed by atoms with Gasteiger partial charge in [0.25, 0.3) is 0 Å². The number of esters is 1. The predicted molar refractivity (Wildman–Crippen MR) is 76.3 cm³/mol. The molecule has 1 aliphatic heterocycles. The number of phenolic OH excluding ortho intramolecular Hbond substituents is 1. The van der Waals surface area contributed by atoms with Gasteiger partial charge in [0.05, 0.1) is 20.3 Å². The third kappa shape index (κ3) is 2.69. The molecular weight excluding hydrogens is 292 g/mol. The van der Waals surface area contributed by atoms with Crippen LogP contribution >= 0.6 is 0 Å². The Labute approximate surface area is 128 Å². The second kappa shape index (κ2) is 6.41. The van der Waals surface area contributed by atoms with E-state index < -0.39 is 30.0 Å². The summed E-state index contributed by atoms with van der Waals surface area (Å²) < 4.78 is 15.3. The third-order valence-corrected chi connectivity index (χ3v) is 3.78. The van der Waals surface area contributed by atoms with E-state index in [9.17, 15) is 20.1 Å². The Balaban J connectivity index is 2.48. The van der Waals surface area contributed by atoms with E-state index in [0.717, 1.165) is 0 Å². The standard InChI is InChI=1S/C15H20O7/c1-4-7(16)5-9-12(17)8-6-10(20-2)14(21-3)13(18)11(8)15(19)22-9/h6-7,9,12,16-18H,4-5H2,1-3H3/t7-,9+,12+/m0/s1. The fourth-order valence-electron chi connectivity index (χ4n) is 2.52. The lowest BCUT2D eigenvalue weighted by Crippen LogP contribution is -2.35. The van der Waals surface area contributed by atoms with Gasteiger partial charge in [-0.15, -0.1) is 0 Å². The minimum atomic E-state index is -1.17. The quantitative estimate of drug-likeness (QED) is 0.700. The predicted octanol–water partition coefficient (Wildman–Crippen LogP) is 1.14. The van der Waals surface area contributed by atoms with Gasteiger partial charge in [0.15, 0.2) is 11.5 Å². The summed E-state index contributed by atoms with van der Waals surface area (Å²) in [6.07, 6.45) is -2.15. The number of aromatic hydroxyl groups is 1. The molecular formula is C15H20O7. The van der Waals surface area contributed by atoms with Gasteiger partial charge < -0.3 is 29.5 Å². The lowest BCUT2D eigenvalue weighted by Gasteiger charge is -2.31. The van der Waals surface area contributed by atoms with Crippen LogP contribution in [0.5, 0.6) is 17.2 Å². The Morgan fingerprint density at radius 3 is 2.59 bits per heavy atom. The Bertz CT molecular complexity index is 569. The number of hydrogen-bond donors (Lipinski definition) is 3. The van der Waals surface area contributed by atoms with E-state index in [4.69, 9.17) is 14.2 Å². The molecule has 0 fully saturated rings. The zero-order valence-corrected chi connectivity index (χ0v) is 12.7. The van der Waals surface area contributed by atoms with Crippen LogP contribution in [0.2, 0.25) is 0 Å². The van der Waals surface area contributed by atoms with Crippen LogP contribution in [0.4, 0.5) is 0 Å². The largest absolute Gasteiger partial charge is 0.504 e. The number of fused-ring (bicyclic) bond motifs is 1. The van der Waals surface area contributed by atoms with Gasteiger partial charge in [0.2, 0.25) is 5.75 Å². The Morgan fingerprint density at radius 2 is 2.05 bits per heavy atom. The topological polar surface area (TPSA) is 105 Å². The van der Waals surface area contributed by atoms with Crippen LogP contribution < -0.4 is 9.47 Å². The van der Waals surface area contributed by atoms with Gasteiger partial charge in [0, 0.05) is 12.0 Å². The van der Waals surface area contributed by atoms with Crippen LogP contribution in [0, 0.1) is 0 Å². The summed E-state index contributed by atoms with van der Waals surface area (Å²) in [4.78, 5) is 12.1. The van der Waals surface area contributed by atoms with Gasteiger partial charge in [0.1, 0.15) is 17.8 Å². The molecule has 1 heterocycles. The van der Waals surface area contributed by atoms with Crippen molar-refractivity contribution in [1.82, 2.24) is 0 Å². The highest BCUT2D eigenvalue weighted by atomic mass is 16.6. The molecule has 0 bridgehead atoms. The van der Waals surface area contributed by atoms with Crippen molar-refractivity contribution < 1.29 is 34.3 Å². The molecule has 3 N–H and O–H groups in total. The number of phenols is 1. The molecule has 22 heavy (non-hydrogen) atoms. The first kappa shape index (κ1) is 16.4. The van der Waals surface area contributed by atoms with Gasteiger partial charge >= 0.3 is 5.97 Å². The lowest BCUT2D eigenvalue weighted by molar-refractivity contribution is -0.0479. The summed E-state index contributed by atoms with van der Waals surface area (Å²) in [6, 6.07) is 1.43. The summed E-state index contributed by atoms with van der Waals surface area (Å²) in [6.45, 7) is 1.79. The molecule has 7 nitrogen and oxygen atoms in total. The number of aliphatic hydroxyl groups excluding tert-OH is 2. The van der Waals surface area contributed by atoms with Crippen molar-refractivity contribution in [2.75, 3.05) is 14.2 Å². The number of carbonyl (C=O) groups excluding carboxylic acids is 1. The summed E-state index contributed by atoms with van der Waals surface area (Å²) >= 11 is 0. The Hall–Kier alpha value is -1.99. The second-order valence-electron chi connectivity index (χ2n) is 5.11. The molecule has 0 saturated carbocycles. The zero-order valence-electron chi connectivity index (χ0n) is 12.7. The molecule has 0 spiro atoms. The number of carbonyl (C=O) groups is 1. The lowest BCUT2D eigenvalue weighted by atomic mass is 9.91. The van der Waals surface area contributed by atoms with Gasteiger partial charge in [-0.25, -0.2) is 4.79 Å². The molecule has 0 aliphatic carbocycles. The molecule has 0 aromatic heterocycles.